The van der Waals surface area contributed by atoms with Crippen LogP contribution < -0.4 is 10.6 Å². The third kappa shape index (κ3) is 4.04. The second-order valence-electron chi connectivity index (χ2n) is 5.44. The van der Waals surface area contributed by atoms with E-state index in [2.05, 4.69) is 20.6 Å². The molecule has 0 saturated heterocycles. The fourth-order valence-corrected chi connectivity index (χ4v) is 3.42. The van der Waals surface area contributed by atoms with Gasteiger partial charge in [-0.25, -0.2) is 14.8 Å². The predicted molar refractivity (Wildman–Crippen MR) is 96.3 cm³/mol. The number of aromatic nitrogens is 2. The zero-order valence-corrected chi connectivity index (χ0v) is 15.1. The van der Waals surface area contributed by atoms with Gasteiger partial charge in [0.25, 0.3) is 0 Å². The molecule has 0 saturated carbocycles. The Labute approximate surface area is 158 Å². The van der Waals surface area contributed by atoms with Crippen LogP contribution >= 0.6 is 23.5 Å². The van der Waals surface area contributed by atoms with Crippen molar-refractivity contribution < 1.29 is 9.59 Å². The number of carbonyl (C=O) groups is 2. The molecule has 26 heavy (non-hydrogen) atoms. The number of nitrogens with zero attached hydrogens (tertiary/aromatic N) is 4. The van der Waals surface area contributed by atoms with Gasteiger partial charge in [-0.05, 0) is 37.1 Å². The van der Waals surface area contributed by atoms with Crippen molar-refractivity contribution >= 4 is 41.2 Å². The first-order valence-electron chi connectivity index (χ1n) is 7.53. The maximum atomic E-state index is 12.3. The Morgan fingerprint density at radius 2 is 2.19 bits per heavy atom. The van der Waals surface area contributed by atoms with Gasteiger partial charge in [-0.2, -0.15) is 5.26 Å². The van der Waals surface area contributed by atoms with E-state index in [9.17, 15) is 9.59 Å². The lowest BCUT2D eigenvalue weighted by Crippen LogP contribution is -2.41. The molecule has 0 bridgehead atoms. The fourth-order valence-electron chi connectivity index (χ4n) is 2.24. The highest BCUT2D eigenvalue weighted by atomic mass is 35.5. The summed E-state index contributed by atoms with van der Waals surface area (Å²) in [5.41, 5.74) is 1.31. The second kappa shape index (κ2) is 7.59. The molecule has 3 amide bonds. The molecule has 0 spiro atoms. The van der Waals surface area contributed by atoms with Crippen LogP contribution in [-0.4, -0.2) is 32.8 Å². The Hall–Kier alpha value is -2.83. The van der Waals surface area contributed by atoms with Crippen LogP contribution in [0.3, 0.4) is 0 Å². The van der Waals surface area contributed by atoms with Crippen LogP contribution in [0.2, 0.25) is 5.02 Å². The van der Waals surface area contributed by atoms with E-state index in [1.54, 1.807) is 25.1 Å². The van der Waals surface area contributed by atoms with Crippen LogP contribution in [0.15, 0.2) is 35.5 Å². The van der Waals surface area contributed by atoms with E-state index in [1.807, 2.05) is 6.07 Å². The van der Waals surface area contributed by atoms with Crippen LogP contribution in [0.4, 0.5) is 10.5 Å². The van der Waals surface area contributed by atoms with E-state index in [1.165, 1.54) is 16.7 Å². The van der Waals surface area contributed by atoms with Crippen molar-refractivity contribution in [3.05, 3.63) is 47.0 Å². The van der Waals surface area contributed by atoms with Gasteiger partial charge in [0.05, 0.1) is 16.6 Å². The number of urea groups is 1. The number of carbonyl (C=O) groups excluding carboxylic acids is 2. The van der Waals surface area contributed by atoms with Crippen molar-refractivity contribution in [1.29, 1.82) is 5.26 Å². The summed E-state index contributed by atoms with van der Waals surface area (Å²) in [6.07, 6.45) is 2.97. The number of hydrogen-bond donors (Lipinski definition) is 2. The van der Waals surface area contributed by atoms with Gasteiger partial charge < -0.3 is 10.6 Å². The quantitative estimate of drug-likeness (QED) is 0.779. The monoisotopic (exact) mass is 388 g/mol. The lowest BCUT2D eigenvalue weighted by Gasteiger charge is -2.27. The van der Waals surface area contributed by atoms with E-state index < -0.39 is 0 Å². The van der Waals surface area contributed by atoms with Gasteiger partial charge >= 0.3 is 6.03 Å². The topological polar surface area (TPSA) is 111 Å². The number of nitriles is 1. The van der Waals surface area contributed by atoms with E-state index in [4.69, 9.17) is 16.9 Å². The molecular formula is C16H13ClN6O2S. The van der Waals surface area contributed by atoms with Gasteiger partial charge in [0.15, 0.2) is 0 Å². The zero-order valence-electron chi connectivity index (χ0n) is 13.6. The van der Waals surface area contributed by atoms with Crippen molar-refractivity contribution in [2.75, 3.05) is 11.9 Å². The van der Waals surface area contributed by atoms with Crippen LogP contribution in [0.25, 0.3) is 0 Å². The third-order valence-corrected chi connectivity index (χ3v) is 4.84. The van der Waals surface area contributed by atoms with E-state index in [0.717, 1.165) is 16.8 Å². The van der Waals surface area contributed by atoms with Crippen LogP contribution in [0, 0.1) is 11.3 Å². The Balaban J connectivity index is 1.62. The highest BCUT2D eigenvalue weighted by Crippen LogP contribution is 2.36. The SMILES string of the molecule is CC(NC(=O)CN1Sc2cc(Cl)ccc2NC1=O)c1cnc(C#N)nc1. The molecule has 0 fully saturated rings. The number of nitrogens with one attached hydrogen (secondary N) is 2. The normalized spacial score (nSPS) is 14.0. The minimum absolute atomic E-state index is 0.0611. The molecule has 3 rings (SSSR count). The maximum absolute atomic E-state index is 12.3. The van der Waals surface area contributed by atoms with Crippen molar-refractivity contribution in [3.63, 3.8) is 0 Å². The first kappa shape index (κ1) is 18.0. The molecule has 1 atom stereocenters. The van der Waals surface area contributed by atoms with Crippen molar-refractivity contribution in [2.24, 2.45) is 0 Å². The highest BCUT2D eigenvalue weighted by molar-refractivity contribution is 7.97. The number of hydrogen-bond acceptors (Lipinski definition) is 6. The smallest absolute Gasteiger partial charge is 0.332 e. The average molecular weight is 389 g/mol. The van der Waals surface area contributed by atoms with Gasteiger partial charge in [0, 0.05) is 23.0 Å². The average Bonchev–Trinajstić information content (AvgIpc) is 2.62. The molecule has 1 aliphatic rings. The summed E-state index contributed by atoms with van der Waals surface area (Å²) in [6, 6.07) is 6.21. The number of benzene rings is 1. The van der Waals surface area contributed by atoms with Crippen LogP contribution in [0.1, 0.15) is 24.4 Å². The van der Waals surface area contributed by atoms with Gasteiger partial charge in [-0.1, -0.05) is 11.6 Å². The number of fused-ring (bicyclic) bond motifs is 1. The molecule has 0 aliphatic carbocycles. The van der Waals surface area contributed by atoms with Gasteiger partial charge in [0.2, 0.25) is 11.7 Å². The second-order valence-corrected chi connectivity index (χ2v) is 6.94. The van der Waals surface area contributed by atoms with Crippen molar-refractivity contribution in [1.82, 2.24) is 19.6 Å². The van der Waals surface area contributed by atoms with Gasteiger partial charge in [-0.15, -0.1) is 0 Å². The molecular weight excluding hydrogens is 376 g/mol. The summed E-state index contributed by atoms with van der Waals surface area (Å²) in [7, 11) is 0. The van der Waals surface area contributed by atoms with E-state index in [-0.39, 0.29) is 30.3 Å². The summed E-state index contributed by atoms with van der Waals surface area (Å²) < 4.78 is 1.32. The maximum Gasteiger partial charge on any atom is 0.332 e. The summed E-state index contributed by atoms with van der Waals surface area (Å²) >= 11 is 7.12. The summed E-state index contributed by atoms with van der Waals surface area (Å²) in [6.45, 7) is 1.63. The van der Waals surface area contributed by atoms with Gasteiger partial charge in [0.1, 0.15) is 12.6 Å². The first-order valence-corrected chi connectivity index (χ1v) is 8.69. The summed E-state index contributed by atoms with van der Waals surface area (Å²) in [5, 5.41) is 14.7. The molecule has 2 aromatic rings. The lowest BCUT2D eigenvalue weighted by molar-refractivity contribution is -0.121. The first-order chi connectivity index (χ1) is 12.5. The molecule has 2 heterocycles. The number of anilines is 1. The molecule has 0 radical (unpaired) electrons. The van der Waals surface area contributed by atoms with E-state index >= 15 is 0 Å². The molecule has 132 valence electrons. The summed E-state index contributed by atoms with van der Waals surface area (Å²) in [4.78, 5) is 32.9. The Kier molecular flexibility index (Phi) is 5.25. The molecule has 1 aliphatic heterocycles. The molecule has 10 heteroatoms. The zero-order chi connectivity index (χ0) is 18.7. The highest BCUT2D eigenvalue weighted by Gasteiger charge is 2.26. The Bertz CT molecular complexity index is 899. The Morgan fingerprint density at radius 1 is 1.46 bits per heavy atom. The number of amides is 3. The molecule has 1 aromatic carbocycles. The van der Waals surface area contributed by atoms with E-state index in [0.29, 0.717) is 16.3 Å². The fraction of sp³-hybridized carbons (Fsp3) is 0.188. The van der Waals surface area contributed by atoms with Crippen molar-refractivity contribution in [3.8, 4) is 6.07 Å². The van der Waals surface area contributed by atoms with Crippen LogP contribution in [-0.2, 0) is 4.79 Å². The number of rotatable bonds is 4. The standard InChI is InChI=1S/C16H13ClN6O2S/c1-9(10-6-19-14(5-18)20-7-10)21-15(24)8-23-16(25)22-12-3-2-11(17)4-13(12)26-23/h2-4,6-7,9H,8H2,1H3,(H,21,24)(H,22,25). The Morgan fingerprint density at radius 3 is 2.88 bits per heavy atom. The lowest BCUT2D eigenvalue weighted by atomic mass is 10.2. The molecule has 2 N–H and O–H groups in total. The largest absolute Gasteiger partial charge is 0.348 e. The molecule has 8 nitrogen and oxygen atoms in total. The summed E-state index contributed by atoms with van der Waals surface area (Å²) in [5.74, 6) is -0.277. The number of halogens is 1. The molecule has 1 unspecified atom stereocenters. The van der Waals surface area contributed by atoms with Crippen molar-refractivity contribution in [2.45, 2.75) is 17.9 Å². The van der Waals surface area contributed by atoms with Crippen LogP contribution in [0.5, 0.6) is 0 Å². The molecule has 1 aromatic heterocycles. The third-order valence-electron chi connectivity index (χ3n) is 3.56. The predicted octanol–water partition coefficient (Wildman–Crippen LogP) is 2.73. The minimum Gasteiger partial charge on any atom is -0.348 e. The van der Waals surface area contributed by atoms with Gasteiger partial charge in [-0.3, -0.25) is 9.10 Å². The minimum atomic E-state index is -0.380.